The van der Waals surface area contributed by atoms with Crippen molar-refractivity contribution in [3.05, 3.63) is 218 Å². The van der Waals surface area contributed by atoms with E-state index in [0.717, 1.165) is 86.3 Å². The summed E-state index contributed by atoms with van der Waals surface area (Å²) in [6.07, 6.45) is 0. The van der Waals surface area contributed by atoms with E-state index in [9.17, 15) is 2.74 Å². The van der Waals surface area contributed by atoms with E-state index in [1.165, 1.54) is 15.5 Å². The molecule has 0 saturated heterocycles. The summed E-state index contributed by atoms with van der Waals surface area (Å²) < 4.78 is 75.3. The minimum absolute atomic E-state index is 0.0629. The van der Waals surface area contributed by atoms with Gasteiger partial charge in [0, 0.05) is 84.1 Å². The van der Waals surface area contributed by atoms with Crippen LogP contribution in [-0.4, -0.2) is 19.5 Å². The Hall–Kier alpha value is -8.75. The Labute approximate surface area is 418 Å². The minimum Gasteiger partial charge on any atom is -0.455 e. The van der Waals surface area contributed by atoms with E-state index in [-0.39, 0.29) is 57.8 Å². The predicted octanol–water partition coefficient (Wildman–Crippen LogP) is 17.9. The van der Waals surface area contributed by atoms with Gasteiger partial charge in [-0.3, -0.25) is 0 Å². The second-order valence-electron chi connectivity index (χ2n) is 17.3. The number of thiophene rings is 2. The summed E-state index contributed by atoms with van der Waals surface area (Å²) in [5.41, 5.74) is 8.58. The topological polar surface area (TPSA) is 56.7 Å². The number of benzene rings is 10. The molecule has 15 aromatic rings. The van der Waals surface area contributed by atoms with E-state index in [1.54, 1.807) is 33.3 Å². The van der Waals surface area contributed by atoms with E-state index < -0.39 is 12.1 Å². The molecule has 0 aliphatic rings. The number of hydrogen-bond acceptors (Lipinski definition) is 6. The largest absolute Gasteiger partial charge is 0.455 e. The maximum atomic E-state index is 9.26. The van der Waals surface area contributed by atoms with Gasteiger partial charge in [-0.25, -0.2) is 15.0 Å². The molecule has 0 radical (unpaired) electrons. The fourth-order valence-electron chi connectivity index (χ4n) is 10.2. The van der Waals surface area contributed by atoms with Crippen molar-refractivity contribution in [1.29, 1.82) is 0 Å². The molecule has 70 heavy (non-hydrogen) atoms. The van der Waals surface area contributed by atoms with E-state index >= 15 is 0 Å². The van der Waals surface area contributed by atoms with Gasteiger partial charge in [0.2, 0.25) is 0 Å². The van der Waals surface area contributed by atoms with Crippen molar-refractivity contribution in [3.8, 4) is 62.1 Å². The molecule has 0 bridgehead atoms. The Morgan fingerprint density at radius 1 is 0.386 bits per heavy atom. The molecule has 10 aromatic carbocycles. The van der Waals surface area contributed by atoms with Gasteiger partial charge >= 0.3 is 0 Å². The molecule has 0 saturated carbocycles. The van der Waals surface area contributed by atoms with Crippen LogP contribution in [0.15, 0.2) is 223 Å². The molecule has 5 aromatic heterocycles. The van der Waals surface area contributed by atoms with Gasteiger partial charge < -0.3 is 8.98 Å². The highest BCUT2D eigenvalue weighted by Gasteiger charge is 2.21. The number of furan rings is 1. The first kappa shape index (κ1) is 32.9. The van der Waals surface area contributed by atoms with Crippen molar-refractivity contribution in [1.82, 2.24) is 19.5 Å². The molecule has 0 amide bonds. The van der Waals surface area contributed by atoms with Crippen molar-refractivity contribution < 1.29 is 14.0 Å². The lowest BCUT2D eigenvalue weighted by atomic mass is 9.98. The third kappa shape index (κ3) is 6.05. The first-order valence-corrected chi connectivity index (χ1v) is 24.5. The van der Waals surface area contributed by atoms with Gasteiger partial charge in [0.25, 0.3) is 0 Å². The summed E-state index contributed by atoms with van der Waals surface area (Å²) in [6, 6.07) is 56.8. The van der Waals surface area contributed by atoms with Gasteiger partial charge in [0.1, 0.15) is 11.2 Å². The van der Waals surface area contributed by atoms with Gasteiger partial charge in [-0.1, -0.05) is 145 Å². The number of nitrogens with zero attached hydrogens (tertiary/aromatic N) is 4. The molecule has 326 valence electrons. The normalized spacial score (nSPS) is 13.4. The van der Waals surface area contributed by atoms with E-state index in [1.807, 2.05) is 66.7 Å². The molecule has 0 atom stereocenters. The number of rotatable bonds is 6. The van der Waals surface area contributed by atoms with Gasteiger partial charge in [-0.15, -0.1) is 22.7 Å². The molecular weight excluding hydrogens is 893 g/mol. The first-order valence-electron chi connectivity index (χ1n) is 26.3. The number of para-hydroxylation sites is 5. The Morgan fingerprint density at radius 3 is 1.90 bits per heavy atom. The van der Waals surface area contributed by atoms with Crippen LogP contribution in [0.2, 0.25) is 0 Å². The maximum Gasteiger partial charge on any atom is 0.166 e. The molecule has 0 N–H and O–H groups in total. The fraction of sp³-hybridized carbons (Fsp3) is 0. The molecule has 5 heterocycles. The molecule has 5 nitrogen and oxygen atoms in total. The molecule has 0 fully saturated rings. The monoisotopic (exact) mass is 935 g/mol. The zero-order chi connectivity index (χ0) is 52.0. The van der Waals surface area contributed by atoms with Crippen molar-refractivity contribution >= 4 is 107 Å². The molecule has 0 spiro atoms. The molecule has 0 aliphatic carbocycles. The molecule has 0 unspecified atom stereocenters. The lowest BCUT2D eigenvalue weighted by Gasteiger charge is -2.15. The van der Waals surface area contributed by atoms with Crippen LogP contribution in [0.4, 0.5) is 0 Å². The second kappa shape index (κ2) is 15.4. The Balaban J connectivity index is 0.920. The number of hydrogen-bond donors (Lipinski definition) is 0. The van der Waals surface area contributed by atoms with Crippen molar-refractivity contribution in [2.45, 2.75) is 0 Å². The summed E-state index contributed by atoms with van der Waals surface area (Å²) in [5, 5.41) is 6.85. The van der Waals surface area contributed by atoms with E-state index in [4.69, 9.17) is 26.2 Å². The summed E-state index contributed by atoms with van der Waals surface area (Å²) in [4.78, 5) is 15.7. The molecule has 0 aliphatic heterocycles. The fourth-order valence-corrected chi connectivity index (χ4v) is 12.5. The smallest absolute Gasteiger partial charge is 0.166 e. The number of fused-ring (bicyclic) bond motifs is 12. The summed E-state index contributed by atoms with van der Waals surface area (Å²) in [5.74, 6) is 1.11. The highest BCUT2D eigenvalue weighted by Crippen LogP contribution is 2.44. The van der Waals surface area contributed by atoms with Gasteiger partial charge in [0.05, 0.1) is 26.3 Å². The van der Waals surface area contributed by atoms with Crippen LogP contribution < -0.4 is 0 Å². The SMILES string of the molecule is [2H]c1cc([2H])c2c(c1[2H])c1c([2H])c([2H])c([2H])c([2H])c1n2-c1ccccc1-c1nc(-c2cccc(-c3cccc4c3sc3ccc(-c5cccc6c5oc5ccccc56)cc34)c2)nc(-c2ccc3sc4ccccc4c3c2)n1. The van der Waals surface area contributed by atoms with Gasteiger partial charge in [0.15, 0.2) is 17.5 Å². The van der Waals surface area contributed by atoms with Crippen LogP contribution in [0.3, 0.4) is 0 Å². The number of aromatic nitrogens is 4. The van der Waals surface area contributed by atoms with Crippen LogP contribution >= 0.6 is 22.7 Å². The minimum atomic E-state index is -0.466. The standard InChI is InChI=1S/C63H36N4OS2/c1-6-25-52-43(16-1)44-17-2-7-26-53(44)67(52)54-27-8-3-20-49(54)63-65-61(64-62(66-63)40-31-33-57-50(36-40)46-19-5-10-29-56(46)69-57)39-15-11-14-37(34-39)42-22-13-24-48-51-35-38(30-32-58(51)70-60(42)48)41-21-12-23-47-45-18-4-9-28-55(45)68-59(41)47/h1-36H/i1D,2D,6D,16D,17D,25D,26D. The van der Waals surface area contributed by atoms with Crippen molar-refractivity contribution in [2.24, 2.45) is 0 Å². The van der Waals surface area contributed by atoms with Crippen molar-refractivity contribution in [3.63, 3.8) is 0 Å². The average molecular weight is 936 g/mol. The molecule has 15 rings (SSSR count). The molecular formula is C63H36N4OS2. The van der Waals surface area contributed by atoms with Crippen LogP contribution in [0, 0.1) is 0 Å². The van der Waals surface area contributed by atoms with Crippen LogP contribution in [0.5, 0.6) is 0 Å². The summed E-state index contributed by atoms with van der Waals surface area (Å²) in [6.45, 7) is 0. The zero-order valence-corrected chi connectivity index (χ0v) is 38.4. The first-order chi connectivity index (χ1) is 37.6. The van der Waals surface area contributed by atoms with Gasteiger partial charge in [-0.2, -0.15) is 0 Å². The van der Waals surface area contributed by atoms with Gasteiger partial charge in [-0.05, 0) is 89.4 Å². The van der Waals surface area contributed by atoms with Crippen LogP contribution in [0.1, 0.15) is 9.60 Å². The summed E-state index contributed by atoms with van der Waals surface area (Å²) in [7, 11) is 0. The Bertz CT molecular complexity index is 5060. The average Bonchev–Trinajstić information content (AvgIpc) is 4.34. The predicted molar refractivity (Wildman–Crippen MR) is 294 cm³/mol. The highest BCUT2D eigenvalue weighted by atomic mass is 32.1. The third-order valence-electron chi connectivity index (χ3n) is 13.4. The van der Waals surface area contributed by atoms with E-state index in [0.29, 0.717) is 22.9 Å². The quantitative estimate of drug-likeness (QED) is 0.167. The van der Waals surface area contributed by atoms with E-state index in [2.05, 4.69) is 97.1 Å². The Morgan fingerprint density at radius 2 is 0.986 bits per heavy atom. The molecule has 7 heteroatoms. The lowest BCUT2D eigenvalue weighted by Crippen LogP contribution is -2.03. The maximum absolute atomic E-state index is 9.26. The second-order valence-corrected chi connectivity index (χ2v) is 19.5. The zero-order valence-electron chi connectivity index (χ0n) is 43.8. The van der Waals surface area contributed by atoms with Crippen LogP contribution in [-0.2, 0) is 0 Å². The Kier molecular flexibility index (Phi) is 7.22. The summed E-state index contributed by atoms with van der Waals surface area (Å²) >= 11 is 3.48. The third-order valence-corrected chi connectivity index (χ3v) is 15.8. The van der Waals surface area contributed by atoms with Crippen LogP contribution in [0.25, 0.3) is 146 Å². The highest BCUT2D eigenvalue weighted by molar-refractivity contribution is 7.26. The lowest BCUT2D eigenvalue weighted by molar-refractivity contribution is 0.670. The van der Waals surface area contributed by atoms with Crippen molar-refractivity contribution in [2.75, 3.05) is 0 Å².